The molecule has 32 heavy (non-hydrogen) atoms. The molecule has 1 amide bonds. The number of rotatable bonds is 6. The number of nitrogens with one attached hydrogen (secondary N) is 1. The summed E-state index contributed by atoms with van der Waals surface area (Å²) < 4.78 is 1.74. The van der Waals surface area contributed by atoms with Crippen LogP contribution in [0.25, 0.3) is 28.2 Å². The number of benzene rings is 2. The summed E-state index contributed by atoms with van der Waals surface area (Å²) in [6.07, 6.45) is 5.26. The third-order valence-electron chi connectivity index (χ3n) is 4.95. The van der Waals surface area contributed by atoms with Crippen LogP contribution >= 0.6 is 11.3 Å². The van der Waals surface area contributed by atoms with E-state index in [4.69, 9.17) is 5.10 Å². The Morgan fingerprint density at radius 1 is 0.906 bits per heavy atom. The fourth-order valence-electron chi connectivity index (χ4n) is 3.36. The normalized spacial score (nSPS) is 10.8. The molecule has 2 aromatic carbocycles. The fraction of sp³-hybridized carbons (Fsp3) is 0.0400. The van der Waals surface area contributed by atoms with Crippen LogP contribution in [-0.2, 0) is 6.54 Å². The number of hydrogen-bond donors (Lipinski definition) is 1. The molecule has 0 saturated heterocycles. The third-order valence-corrected chi connectivity index (χ3v) is 5.80. The lowest BCUT2D eigenvalue weighted by molar-refractivity contribution is 0.0951. The van der Waals surface area contributed by atoms with Gasteiger partial charge >= 0.3 is 0 Å². The highest BCUT2D eigenvalue weighted by molar-refractivity contribution is 7.09. The summed E-state index contributed by atoms with van der Waals surface area (Å²) >= 11 is 1.52. The maximum Gasteiger partial charge on any atom is 0.255 e. The van der Waals surface area contributed by atoms with Crippen LogP contribution in [0, 0.1) is 0 Å². The van der Waals surface area contributed by atoms with Crippen molar-refractivity contribution in [1.29, 1.82) is 0 Å². The van der Waals surface area contributed by atoms with Gasteiger partial charge in [0, 0.05) is 35.1 Å². The predicted molar refractivity (Wildman–Crippen MR) is 126 cm³/mol. The van der Waals surface area contributed by atoms with Crippen LogP contribution in [0.4, 0.5) is 0 Å². The first-order valence-electron chi connectivity index (χ1n) is 10.1. The number of pyridine rings is 1. The second-order valence-electron chi connectivity index (χ2n) is 7.08. The van der Waals surface area contributed by atoms with Crippen molar-refractivity contribution >= 4 is 17.2 Å². The Morgan fingerprint density at radius 3 is 2.38 bits per heavy atom. The quantitative estimate of drug-likeness (QED) is 0.406. The summed E-state index contributed by atoms with van der Waals surface area (Å²) in [5, 5.41) is 10.5. The highest BCUT2D eigenvalue weighted by Crippen LogP contribution is 2.24. The molecule has 3 heterocycles. The molecule has 0 saturated carbocycles. The molecule has 3 aromatic heterocycles. The average Bonchev–Trinajstić information content (AvgIpc) is 3.52. The number of thiazole rings is 1. The summed E-state index contributed by atoms with van der Waals surface area (Å²) in [7, 11) is 0. The summed E-state index contributed by atoms with van der Waals surface area (Å²) in [5.41, 5.74) is 4.83. The second-order valence-corrected chi connectivity index (χ2v) is 8.03. The van der Waals surface area contributed by atoms with Gasteiger partial charge < -0.3 is 5.32 Å². The van der Waals surface area contributed by atoms with Gasteiger partial charge in [-0.05, 0) is 24.3 Å². The van der Waals surface area contributed by atoms with Gasteiger partial charge in [-0.2, -0.15) is 5.10 Å². The van der Waals surface area contributed by atoms with Crippen molar-refractivity contribution in [2.45, 2.75) is 6.54 Å². The zero-order chi connectivity index (χ0) is 21.8. The van der Waals surface area contributed by atoms with Crippen molar-refractivity contribution in [2.24, 2.45) is 0 Å². The molecule has 5 aromatic rings. The molecule has 6 nitrogen and oxygen atoms in total. The van der Waals surface area contributed by atoms with Crippen molar-refractivity contribution in [1.82, 2.24) is 25.1 Å². The zero-order valence-corrected chi connectivity index (χ0v) is 17.9. The lowest BCUT2D eigenvalue weighted by atomic mass is 10.1. The van der Waals surface area contributed by atoms with Gasteiger partial charge in [0.2, 0.25) is 0 Å². The van der Waals surface area contributed by atoms with Crippen molar-refractivity contribution in [2.75, 3.05) is 0 Å². The van der Waals surface area contributed by atoms with Gasteiger partial charge in [-0.25, -0.2) is 9.67 Å². The van der Waals surface area contributed by atoms with Crippen molar-refractivity contribution in [3.8, 4) is 28.2 Å². The average molecular weight is 438 g/mol. The van der Waals surface area contributed by atoms with Crippen LogP contribution in [0.1, 0.15) is 15.4 Å². The molecule has 0 atom stereocenters. The SMILES string of the molecule is O=C(NCc1nc(-c2ccncc2)cs1)c1cn(-c2ccccc2)nc1-c1ccccc1. The van der Waals surface area contributed by atoms with E-state index in [9.17, 15) is 4.79 Å². The Bertz CT molecular complexity index is 1330. The predicted octanol–water partition coefficient (Wildman–Crippen LogP) is 4.99. The Hall–Kier alpha value is -4.10. The molecule has 5 rings (SSSR count). The second kappa shape index (κ2) is 8.95. The molecule has 0 aliphatic rings. The van der Waals surface area contributed by atoms with E-state index in [1.54, 1.807) is 23.3 Å². The smallest absolute Gasteiger partial charge is 0.255 e. The summed E-state index contributed by atoms with van der Waals surface area (Å²) in [6, 6.07) is 23.3. The van der Waals surface area contributed by atoms with E-state index in [1.165, 1.54) is 11.3 Å². The highest BCUT2D eigenvalue weighted by atomic mass is 32.1. The Balaban J connectivity index is 1.39. The zero-order valence-electron chi connectivity index (χ0n) is 17.1. The van der Waals surface area contributed by atoms with Gasteiger partial charge in [-0.15, -0.1) is 11.3 Å². The van der Waals surface area contributed by atoms with E-state index >= 15 is 0 Å². The van der Waals surface area contributed by atoms with E-state index in [0.29, 0.717) is 17.8 Å². The molecular weight excluding hydrogens is 418 g/mol. The summed E-state index contributed by atoms with van der Waals surface area (Å²) in [6.45, 7) is 0.347. The first kappa shape index (κ1) is 19.8. The number of carbonyl (C=O) groups excluding carboxylic acids is 1. The lowest BCUT2D eigenvalue weighted by Crippen LogP contribution is -2.23. The monoisotopic (exact) mass is 437 g/mol. The molecule has 156 valence electrons. The molecule has 0 radical (unpaired) electrons. The minimum atomic E-state index is -0.188. The molecule has 0 aliphatic heterocycles. The number of para-hydroxylation sites is 1. The maximum absolute atomic E-state index is 13.1. The first-order chi connectivity index (χ1) is 15.8. The van der Waals surface area contributed by atoms with Crippen LogP contribution in [0.2, 0.25) is 0 Å². The number of carbonyl (C=O) groups is 1. The summed E-state index contributed by atoms with van der Waals surface area (Å²) in [4.78, 5) is 21.8. The minimum absolute atomic E-state index is 0.188. The summed E-state index contributed by atoms with van der Waals surface area (Å²) in [5.74, 6) is -0.188. The van der Waals surface area contributed by atoms with Gasteiger partial charge in [-0.1, -0.05) is 48.5 Å². The van der Waals surface area contributed by atoms with Crippen molar-refractivity contribution in [3.63, 3.8) is 0 Å². The molecule has 7 heteroatoms. The lowest BCUT2D eigenvalue weighted by Gasteiger charge is -2.04. The molecular formula is C25H19N5OS. The number of nitrogens with zero attached hydrogens (tertiary/aromatic N) is 4. The van der Waals surface area contributed by atoms with Gasteiger partial charge in [0.25, 0.3) is 5.91 Å². The molecule has 0 spiro atoms. The number of aromatic nitrogens is 4. The molecule has 1 N–H and O–H groups in total. The maximum atomic E-state index is 13.1. The van der Waals surface area contributed by atoms with Crippen LogP contribution in [0.5, 0.6) is 0 Å². The van der Waals surface area contributed by atoms with Gasteiger partial charge in [-0.3, -0.25) is 9.78 Å². The standard InChI is InChI=1S/C25H19N5OS/c31-25(27-15-23-28-22(17-32-23)18-11-13-26-14-12-18)21-16-30(20-9-5-2-6-10-20)29-24(21)19-7-3-1-4-8-19/h1-14,16-17H,15H2,(H,27,31). The number of amides is 1. The Kier molecular flexibility index (Phi) is 5.55. The van der Waals surface area contributed by atoms with Crippen LogP contribution in [0.3, 0.4) is 0 Å². The van der Waals surface area contributed by atoms with Gasteiger partial charge in [0.15, 0.2) is 0 Å². The van der Waals surface area contributed by atoms with Crippen molar-refractivity contribution < 1.29 is 4.79 Å². The van der Waals surface area contributed by atoms with E-state index in [1.807, 2.05) is 78.2 Å². The van der Waals surface area contributed by atoms with Gasteiger partial charge in [0.1, 0.15) is 10.7 Å². The molecule has 0 bridgehead atoms. The molecule has 0 aliphatic carbocycles. The Labute approximate surface area is 189 Å². The van der Waals surface area contributed by atoms with E-state index in [0.717, 1.165) is 27.5 Å². The van der Waals surface area contributed by atoms with Crippen LogP contribution < -0.4 is 5.32 Å². The Morgan fingerprint density at radius 2 is 1.62 bits per heavy atom. The fourth-order valence-corrected chi connectivity index (χ4v) is 4.10. The molecule has 0 unspecified atom stereocenters. The van der Waals surface area contributed by atoms with Crippen molar-refractivity contribution in [3.05, 3.63) is 107 Å². The number of hydrogen-bond acceptors (Lipinski definition) is 5. The minimum Gasteiger partial charge on any atom is -0.345 e. The topological polar surface area (TPSA) is 72.7 Å². The van der Waals surface area contributed by atoms with Crippen LogP contribution in [0.15, 0.2) is 96.8 Å². The van der Waals surface area contributed by atoms with E-state index in [-0.39, 0.29) is 5.91 Å². The van der Waals surface area contributed by atoms with E-state index in [2.05, 4.69) is 15.3 Å². The van der Waals surface area contributed by atoms with Gasteiger partial charge in [0.05, 0.1) is 23.5 Å². The highest BCUT2D eigenvalue weighted by Gasteiger charge is 2.19. The van der Waals surface area contributed by atoms with Crippen LogP contribution in [-0.4, -0.2) is 25.7 Å². The largest absolute Gasteiger partial charge is 0.345 e. The molecule has 0 fully saturated rings. The van der Waals surface area contributed by atoms with E-state index < -0.39 is 0 Å². The first-order valence-corrected chi connectivity index (χ1v) is 11.0. The third kappa shape index (κ3) is 4.19.